The van der Waals surface area contributed by atoms with Crippen molar-refractivity contribution in [3.05, 3.63) is 33.8 Å². The number of carbonyl (C=O) groups is 1. The van der Waals surface area contributed by atoms with Gasteiger partial charge in [-0.25, -0.2) is 8.42 Å². The highest BCUT2D eigenvalue weighted by atomic mass is 35.5. The molecule has 1 fully saturated rings. The zero-order valence-electron chi connectivity index (χ0n) is 13.3. The van der Waals surface area contributed by atoms with Crippen molar-refractivity contribution in [1.29, 1.82) is 0 Å². The van der Waals surface area contributed by atoms with Crippen LogP contribution in [0.5, 0.6) is 0 Å². The van der Waals surface area contributed by atoms with Crippen molar-refractivity contribution < 1.29 is 13.2 Å². The summed E-state index contributed by atoms with van der Waals surface area (Å²) >= 11 is 11.7. The fourth-order valence-electron chi connectivity index (χ4n) is 3.11. The number of nitrogens with zero attached hydrogens (tertiary/aromatic N) is 1. The summed E-state index contributed by atoms with van der Waals surface area (Å²) in [4.78, 5) is 14.2. The Morgan fingerprint density at radius 1 is 1.17 bits per heavy atom. The van der Waals surface area contributed by atoms with E-state index >= 15 is 0 Å². The van der Waals surface area contributed by atoms with Crippen LogP contribution in [0.1, 0.15) is 38.7 Å². The standard InChI is InChI=1S/C16H21Cl2NO3S/c1-11-4-3-5-12(2)19(11)16(20)10-23(21,22)9-13-6-7-14(17)15(18)8-13/h6-8,11-12H,3-5,9-10H2,1-2H3. The maximum atomic E-state index is 12.4. The van der Waals surface area contributed by atoms with Crippen molar-refractivity contribution in [2.75, 3.05) is 5.75 Å². The average Bonchev–Trinajstić information content (AvgIpc) is 2.41. The van der Waals surface area contributed by atoms with Crippen LogP contribution in [0.15, 0.2) is 18.2 Å². The summed E-state index contributed by atoms with van der Waals surface area (Å²) in [5.74, 6) is -1.00. The molecule has 0 aliphatic carbocycles. The van der Waals surface area contributed by atoms with Gasteiger partial charge < -0.3 is 4.90 Å². The van der Waals surface area contributed by atoms with E-state index in [1.807, 2.05) is 13.8 Å². The zero-order chi connectivity index (χ0) is 17.2. The average molecular weight is 378 g/mol. The maximum Gasteiger partial charge on any atom is 0.238 e. The van der Waals surface area contributed by atoms with Gasteiger partial charge >= 0.3 is 0 Å². The highest BCUT2D eigenvalue weighted by Crippen LogP contribution is 2.25. The molecule has 128 valence electrons. The van der Waals surface area contributed by atoms with Crippen molar-refractivity contribution in [1.82, 2.24) is 4.90 Å². The number of benzene rings is 1. The molecule has 4 nitrogen and oxygen atoms in total. The van der Waals surface area contributed by atoms with Crippen molar-refractivity contribution in [2.45, 2.75) is 50.9 Å². The molecule has 0 spiro atoms. The maximum absolute atomic E-state index is 12.4. The summed E-state index contributed by atoms with van der Waals surface area (Å²) in [6.45, 7) is 3.94. The second-order valence-electron chi connectivity index (χ2n) is 6.21. The fraction of sp³-hybridized carbons (Fsp3) is 0.562. The molecule has 0 N–H and O–H groups in total. The van der Waals surface area contributed by atoms with Crippen LogP contribution in [0.3, 0.4) is 0 Å². The molecule has 1 aromatic rings. The van der Waals surface area contributed by atoms with Gasteiger partial charge in [0, 0.05) is 12.1 Å². The van der Waals surface area contributed by atoms with Crippen LogP contribution >= 0.6 is 23.2 Å². The predicted molar refractivity (Wildman–Crippen MR) is 93.6 cm³/mol. The lowest BCUT2D eigenvalue weighted by Crippen LogP contribution is -2.49. The minimum Gasteiger partial charge on any atom is -0.336 e. The molecular weight excluding hydrogens is 357 g/mol. The van der Waals surface area contributed by atoms with Crippen molar-refractivity contribution in [3.8, 4) is 0 Å². The molecule has 1 aliphatic rings. The van der Waals surface area contributed by atoms with Gasteiger partial charge in [-0.1, -0.05) is 29.3 Å². The first-order valence-electron chi connectivity index (χ1n) is 7.65. The highest BCUT2D eigenvalue weighted by Gasteiger charge is 2.31. The topological polar surface area (TPSA) is 54.5 Å². The van der Waals surface area contributed by atoms with Crippen LogP contribution in [0.4, 0.5) is 0 Å². The summed E-state index contributed by atoms with van der Waals surface area (Å²) in [6.07, 6.45) is 2.91. The van der Waals surface area contributed by atoms with E-state index in [0.29, 0.717) is 15.6 Å². The molecule has 7 heteroatoms. The van der Waals surface area contributed by atoms with E-state index in [9.17, 15) is 13.2 Å². The van der Waals surface area contributed by atoms with Gasteiger partial charge in [-0.2, -0.15) is 0 Å². The highest BCUT2D eigenvalue weighted by molar-refractivity contribution is 7.91. The number of sulfone groups is 1. The summed E-state index contributed by atoms with van der Waals surface area (Å²) in [6, 6.07) is 4.88. The van der Waals surface area contributed by atoms with Gasteiger partial charge in [0.15, 0.2) is 9.84 Å². The molecule has 0 saturated carbocycles. The molecule has 2 unspecified atom stereocenters. The van der Waals surface area contributed by atoms with Gasteiger partial charge in [0.1, 0.15) is 5.75 Å². The Balaban J connectivity index is 2.08. The van der Waals surface area contributed by atoms with Crippen LogP contribution in [-0.4, -0.2) is 37.1 Å². The minimum absolute atomic E-state index is 0.0893. The molecule has 0 bridgehead atoms. The quantitative estimate of drug-likeness (QED) is 0.803. The number of amides is 1. The number of carbonyl (C=O) groups excluding carboxylic acids is 1. The first-order chi connectivity index (χ1) is 10.7. The summed E-state index contributed by atoms with van der Waals surface area (Å²) in [5, 5.41) is 0.684. The number of piperidine rings is 1. The Morgan fingerprint density at radius 2 is 1.78 bits per heavy atom. The molecule has 1 saturated heterocycles. The van der Waals surface area contributed by atoms with E-state index in [1.165, 1.54) is 6.07 Å². The third kappa shape index (κ3) is 4.85. The minimum atomic E-state index is -3.55. The number of hydrogen-bond acceptors (Lipinski definition) is 3. The van der Waals surface area contributed by atoms with E-state index in [0.717, 1.165) is 19.3 Å². The number of rotatable bonds is 4. The first kappa shape index (κ1) is 18.6. The third-order valence-corrected chi connectivity index (χ3v) is 6.39. The Labute approximate surface area is 147 Å². The Kier molecular flexibility index (Phi) is 5.98. The molecule has 2 rings (SSSR count). The lowest BCUT2D eigenvalue weighted by atomic mass is 9.98. The Morgan fingerprint density at radius 3 is 2.35 bits per heavy atom. The van der Waals surface area contributed by atoms with Crippen molar-refractivity contribution >= 4 is 38.9 Å². The lowest BCUT2D eigenvalue weighted by Gasteiger charge is -2.39. The largest absolute Gasteiger partial charge is 0.336 e. The second kappa shape index (κ2) is 7.41. The molecule has 23 heavy (non-hydrogen) atoms. The van der Waals surface area contributed by atoms with Crippen molar-refractivity contribution in [3.63, 3.8) is 0 Å². The second-order valence-corrected chi connectivity index (χ2v) is 9.09. The molecule has 0 aromatic heterocycles. The smallest absolute Gasteiger partial charge is 0.238 e. The molecule has 2 atom stereocenters. The van der Waals surface area contributed by atoms with Gasteiger partial charge in [-0.15, -0.1) is 0 Å². The summed E-state index contributed by atoms with van der Waals surface area (Å²) in [5.41, 5.74) is 0.534. The van der Waals surface area contributed by atoms with E-state index < -0.39 is 15.6 Å². The SMILES string of the molecule is CC1CCCC(C)N1C(=O)CS(=O)(=O)Cc1ccc(Cl)c(Cl)c1. The van der Waals surface area contributed by atoms with Crippen LogP contribution < -0.4 is 0 Å². The van der Waals surface area contributed by atoms with Gasteiger partial charge in [-0.05, 0) is 50.8 Å². The molecule has 0 radical (unpaired) electrons. The molecule has 1 amide bonds. The van der Waals surface area contributed by atoms with Gasteiger partial charge in [0.05, 0.1) is 15.8 Å². The fourth-order valence-corrected chi connectivity index (χ4v) is 4.75. The van der Waals surface area contributed by atoms with E-state index in [2.05, 4.69) is 0 Å². The third-order valence-electron chi connectivity index (χ3n) is 4.20. The van der Waals surface area contributed by atoms with E-state index in [-0.39, 0.29) is 23.7 Å². The van der Waals surface area contributed by atoms with Crippen LogP contribution in [0, 0.1) is 0 Å². The van der Waals surface area contributed by atoms with E-state index in [4.69, 9.17) is 23.2 Å². The summed E-state index contributed by atoms with van der Waals surface area (Å²) in [7, 11) is -3.55. The van der Waals surface area contributed by atoms with Gasteiger partial charge in [0.2, 0.25) is 5.91 Å². The van der Waals surface area contributed by atoms with Crippen LogP contribution in [0.2, 0.25) is 10.0 Å². The normalized spacial score (nSPS) is 22.2. The van der Waals surface area contributed by atoms with Gasteiger partial charge in [-0.3, -0.25) is 4.79 Å². The lowest BCUT2D eigenvalue weighted by molar-refractivity contribution is -0.134. The Hall–Kier alpha value is -0.780. The van der Waals surface area contributed by atoms with Crippen LogP contribution in [0.25, 0.3) is 0 Å². The van der Waals surface area contributed by atoms with E-state index in [1.54, 1.807) is 17.0 Å². The molecule has 1 aliphatic heterocycles. The number of likely N-dealkylation sites (tertiary alicyclic amines) is 1. The predicted octanol–water partition coefficient (Wildman–Crippen LogP) is 3.70. The van der Waals surface area contributed by atoms with Crippen LogP contribution in [-0.2, 0) is 20.4 Å². The Bertz CT molecular complexity index is 681. The molecule has 1 heterocycles. The zero-order valence-corrected chi connectivity index (χ0v) is 15.6. The first-order valence-corrected chi connectivity index (χ1v) is 10.2. The number of hydrogen-bond donors (Lipinski definition) is 0. The van der Waals surface area contributed by atoms with Crippen molar-refractivity contribution in [2.24, 2.45) is 0 Å². The van der Waals surface area contributed by atoms with Gasteiger partial charge in [0.25, 0.3) is 0 Å². The summed E-state index contributed by atoms with van der Waals surface area (Å²) < 4.78 is 24.7. The molecule has 1 aromatic carbocycles. The molecular formula is C16H21Cl2NO3S. The monoisotopic (exact) mass is 377 g/mol. The number of halogens is 2.